The third-order valence-electron chi connectivity index (χ3n) is 3.23. The summed E-state index contributed by atoms with van der Waals surface area (Å²) in [6.07, 6.45) is 0.200. The Labute approximate surface area is 121 Å². The zero-order valence-corrected chi connectivity index (χ0v) is 11.6. The molecule has 1 aliphatic heterocycles. The molecule has 2 amide bonds. The molecule has 0 aromatic heterocycles. The predicted octanol–water partition coefficient (Wildman–Crippen LogP) is -1.63. The molecule has 1 fully saturated rings. The van der Waals surface area contributed by atoms with Crippen LogP contribution in [0.3, 0.4) is 0 Å². The Kier molecular flexibility index (Phi) is 5.65. The third kappa shape index (κ3) is 4.42. The van der Waals surface area contributed by atoms with E-state index in [0.29, 0.717) is 12.8 Å². The van der Waals surface area contributed by atoms with Crippen molar-refractivity contribution >= 4 is 23.8 Å². The highest BCUT2D eigenvalue weighted by molar-refractivity contribution is 5.94. The molecule has 0 bridgehead atoms. The van der Waals surface area contributed by atoms with Crippen LogP contribution < -0.4 is 11.1 Å². The van der Waals surface area contributed by atoms with Gasteiger partial charge in [-0.25, -0.2) is 4.79 Å². The molecule has 0 aromatic rings. The van der Waals surface area contributed by atoms with Gasteiger partial charge in [-0.3, -0.25) is 14.4 Å². The van der Waals surface area contributed by atoms with Crippen LogP contribution >= 0.6 is 0 Å². The zero-order chi connectivity index (χ0) is 16.2. The molecule has 0 spiro atoms. The summed E-state index contributed by atoms with van der Waals surface area (Å²) in [7, 11) is 0. The maximum Gasteiger partial charge on any atom is 0.326 e. The van der Waals surface area contributed by atoms with Gasteiger partial charge >= 0.3 is 11.9 Å². The van der Waals surface area contributed by atoms with Crippen LogP contribution in [0, 0.1) is 0 Å². The van der Waals surface area contributed by atoms with E-state index in [2.05, 4.69) is 5.32 Å². The minimum atomic E-state index is -1.32. The second-order valence-electron chi connectivity index (χ2n) is 4.98. The molecule has 1 saturated heterocycles. The molecule has 0 aliphatic carbocycles. The van der Waals surface area contributed by atoms with Gasteiger partial charge in [-0.1, -0.05) is 0 Å². The standard InChI is InChI=1S/C12H19N3O6/c1-6(13)10(18)14-7(5-9(16)17)11(19)15-4-2-3-8(15)12(20)21/h6-8H,2-5,13H2,1H3,(H,14,18)(H,16,17)(H,20,21)/t6-,7-,8-/m0/s1. The van der Waals surface area contributed by atoms with Crippen LogP contribution in [0.4, 0.5) is 0 Å². The molecule has 1 rings (SSSR count). The lowest BCUT2D eigenvalue weighted by Crippen LogP contribution is -2.54. The van der Waals surface area contributed by atoms with E-state index in [1.807, 2.05) is 0 Å². The first-order chi connectivity index (χ1) is 9.73. The Hall–Kier alpha value is -2.16. The fourth-order valence-electron chi connectivity index (χ4n) is 2.17. The number of nitrogens with one attached hydrogen (secondary N) is 1. The highest BCUT2D eigenvalue weighted by Crippen LogP contribution is 2.19. The minimum absolute atomic E-state index is 0.222. The molecule has 9 nitrogen and oxygen atoms in total. The highest BCUT2D eigenvalue weighted by atomic mass is 16.4. The summed E-state index contributed by atoms with van der Waals surface area (Å²) in [5.74, 6) is -3.80. The Balaban J connectivity index is 2.86. The van der Waals surface area contributed by atoms with Gasteiger partial charge in [0, 0.05) is 6.54 Å². The Morgan fingerprint density at radius 1 is 1.33 bits per heavy atom. The summed E-state index contributed by atoms with van der Waals surface area (Å²) < 4.78 is 0. The number of carboxylic acids is 2. The molecule has 9 heteroatoms. The number of carbonyl (C=O) groups excluding carboxylic acids is 2. The number of aliphatic carboxylic acids is 2. The van der Waals surface area contributed by atoms with Gasteiger partial charge in [0.1, 0.15) is 12.1 Å². The molecule has 118 valence electrons. The van der Waals surface area contributed by atoms with E-state index in [9.17, 15) is 19.2 Å². The maximum absolute atomic E-state index is 12.3. The average molecular weight is 301 g/mol. The van der Waals surface area contributed by atoms with Gasteiger partial charge < -0.3 is 26.2 Å². The number of rotatable bonds is 6. The first-order valence-corrected chi connectivity index (χ1v) is 6.55. The fraction of sp³-hybridized carbons (Fsp3) is 0.667. The topological polar surface area (TPSA) is 150 Å². The van der Waals surface area contributed by atoms with Crippen molar-refractivity contribution in [3.63, 3.8) is 0 Å². The van der Waals surface area contributed by atoms with Crippen LogP contribution in [0.2, 0.25) is 0 Å². The minimum Gasteiger partial charge on any atom is -0.481 e. The monoisotopic (exact) mass is 301 g/mol. The predicted molar refractivity (Wildman–Crippen MR) is 70.2 cm³/mol. The smallest absolute Gasteiger partial charge is 0.326 e. The van der Waals surface area contributed by atoms with Crippen molar-refractivity contribution in [2.24, 2.45) is 5.73 Å². The van der Waals surface area contributed by atoms with Gasteiger partial charge in [-0.05, 0) is 19.8 Å². The van der Waals surface area contributed by atoms with Gasteiger partial charge in [0.25, 0.3) is 0 Å². The van der Waals surface area contributed by atoms with Gasteiger partial charge in [-0.15, -0.1) is 0 Å². The largest absolute Gasteiger partial charge is 0.481 e. The van der Waals surface area contributed by atoms with Gasteiger partial charge in [0.05, 0.1) is 12.5 Å². The van der Waals surface area contributed by atoms with Gasteiger partial charge in [-0.2, -0.15) is 0 Å². The quantitative estimate of drug-likeness (QED) is 0.460. The van der Waals surface area contributed by atoms with Crippen molar-refractivity contribution in [1.82, 2.24) is 10.2 Å². The van der Waals surface area contributed by atoms with Gasteiger partial charge in [0.2, 0.25) is 11.8 Å². The van der Waals surface area contributed by atoms with E-state index < -0.39 is 48.3 Å². The fourth-order valence-corrected chi connectivity index (χ4v) is 2.17. The van der Waals surface area contributed by atoms with Crippen LogP contribution in [-0.2, 0) is 19.2 Å². The van der Waals surface area contributed by atoms with E-state index in [4.69, 9.17) is 15.9 Å². The molecule has 21 heavy (non-hydrogen) atoms. The zero-order valence-electron chi connectivity index (χ0n) is 11.6. The molecular formula is C12H19N3O6. The van der Waals surface area contributed by atoms with Crippen LogP contribution in [0.5, 0.6) is 0 Å². The van der Waals surface area contributed by atoms with Crippen molar-refractivity contribution in [2.75, 3.05) is 6.54 Å². The summed E-state index contributed by atoms with van der Waals surface area (Å²) >= 11 is 0. The lowest BCUT2D eigenvalue weighted by atomic mass is 10.1. The van der Waals surface area contributed by atoms with Crippen LogP contribution in [0.15, 0.2) is 0 Å². The van der Waals surface area contributed by atoms with Gasteiger partial charge in [0.15, 0.2) is 0 Å². The number of hydrogen-bond acceptors (Lipinski definition) is 5. The molecule has 0 unspecified atom stereocenters. The van der Waals surface area contributed by atoms with E-state index in [1.165, 1.54) is 6.92 Å². The molecule has 1 heterocycles. The second-order valence-corrected chi connectivity index (χ2v) is 4.98. The number of likely N-dealkylation sites (tertiary alicyclic amines) is 1. The van der Waals surface area contributed by atoms with Crippen molar-refractivity contribution in [1.29, 1.82) is 0 Å². The maximum atomic E-state index is 12.3. The molecular weight excluding hydrogens is 282 g/mol. The number of carbonyl (C=O) groups is 4. The van der Waals surface area contributed by atoms with Crippen molar-refractivity contribution < 1.29 is 29.4 Å². The second kappa shape index (κ2) is 7.02. The third-order valence-corrected chi connectivity index (χ3v) is 3.23. The van der Waals surface area contributed by atoms with Crippen LogP contribution in [0.1, 0.15) is 26.2 Å². The number of hydrogen-bond donors (Lipinski definition) is 4. The lowest BCUT2D eigenvalue weighted by molar-refractivity contribution is -0.150. The Morgan fingerprint density at radius 3 is 2.43 bits per heavy atom. The Morgan fingerprint density at radius 2 is 1.95 bits per heavy atom. The van der Waals surface area contributed by atoms with E-state index in [1.54, 1.807) is 0 Å². The average Bonchev–Trinajstić information content (AvgIpc) is 2.85. The van der Waals surface area contributed by atoms with E-state index >= 15 is 0 Å². The van der Waals surface area contributed by atoms with E-state index in [0.717, 1.165) is 4.90 Å². The van der Waals surface area contributed by atoms with Crippen LogP contribution in [0.25, 0.3) is 0 Å². The molecule has 0 aromatic carbocycles. The number of carboxylic acid groups (broad SMARTS) is 2. The summed E-state index contributed by atoms with van der Waals surface area (Å²) in [6, 6.07) is -3.20. The Bertz CT molecular complexity index is 450. The van der Waals surface area contributed by atoms with Crippen molar-refractivity contribution in [3.05, 3.63) is 0 Å². The molecule has 1 aliphatic rings. The summed E-state index contributed by atoms with van der Waals surface area (Å²) in [4.78, 5) is 46.8. The summed E-state index contributed by atoms with van der Waals surface area (Å²) in [5.41, 5.74) is 5.37. The highest BCUT2D eigenvalue weighted by Gasteiger charge is 2.38. The molecule has 3 atom stereocenters. The number of nitrogens with zero attached hydrogens (tertiary/aromatic N) is 1. The van der Waals surface area contributed by atoms with E-state index in [-0.39, 0.29) is 6.54 Å². The summed E-state index contributed by atoms with van der Waals surface area (Å²) in [6.45, 7) is 1.62. The van der Waals surface area contributed by atoms with Crippen molar-refractivity contribution in [2.45, 2.75) is 44.3 Å². The normalized spacial score (nSPS) is 20.7. The molecule has 0 radical (unpaired) electrons. The summed E-state index contributed by atoms with van der Waals surface area (Å²) in [5, 5.41) is 20.1. The first kappa shape index (κ1) is 16.9. The number of amides is 2. The van der Waals surface area contributed by atoms with Crippen molar-refractivity contribution in [3.8, 4) is 0 Å². The first-order valence-electron chi connectivity index (χ1n) is 6.55. The number of nitrogens with two attached hydrogens (primary N) is 1. The SMILES string of the molecule is C[C@H](N)C(=O)N[C@@H](CC(=O)O)C(=O)N1CCC[C@H]1C(=O)O. The molecule has 5 N–H and O–H groups in total. The van der Waals surface area contributed by atoms with Crippen LogP contribution in [-0.4, -0.2) is 63.5 Å². The molecule has 0 saturated carbocycles. The lowest BCUT2D eigenvalue weighted by Gasteiger charge is -2.27.